The molecule has 1 aromatic carbocycles. The lowest BCUT2D eigenvalue weighted by Gasteiger charge is -2.28. The van der Waals surface area contributed by atoms with Crippen LogP contribution < -0.4 is 16.4 Å². The van der Waals surface area contributed by atoms with Crippen LogP contribution in [-0.2, 0) is 9.59 Å². The first-order valence-electron chi connectivity index (χ1n) is 9.32. The summed E-state index contributed by atoms with van der Waals surface area (Å²) in [5, 5.41) is 5.61. The van der Waals surface area contributed by atoms with Crippen LogP contribution >= 0.6 is 0 Å². The predicted molar refractivity (Wildman–Crippen MR) is 97.0 cm³/mol. The number of rotatable bonds is 3. The van der Waals surface area contributed by atoms with Crippen LogP contribution in [0.3, 0.4) is 0 Å². The zero-order chi connectivity index (χ0) is 19.1. The Morgan fingerprint density at radius 2 is 1.67 bits per heavy atom. The predicted octanol–water partition coefficient (Wildman–Crippen LogP) is 0.770. The van der Waals surface area contributed by atoms with Gasteiger partial charge < -0.3 is 11.1 Å². The number of fused-ring (bicyclic) bond motifs is 1. The summed E-state index contributed by atoms with van der Waals surface area (Å²) in [7, 11) is 0. The summed E-state index contributed by atoms with van der Waals surface area (Å²) < 4.78 is 0. The molecule has 1 atom stereocenters. The van der Waals surface area contributed by atoms with Gasteiger partial charge in [0.15, 0.2) is 0 Å². The van der Waals surface area contributed by atoms with Crippen LogP contribution in [0.4, 0.5) is 5.69 Å². The van der Waals surface area contributed by atoms with Crippen molar-refractivity contribution >= 4 is 29.3 Å². The molecule has 0 bridgehead atoms. The van der Waals surface area contributed by atoms with E-state index in [1.54, 1.807) is 18.2 Å². The highest BCUT2D eigenvalue weighted by atomic mass is 16.2. The summed E-state index contributed by atoms with van der Waals surface area (Å²) in [4.78, 5) is 49.9. The summed E-state index contributed by atoms with van der Waals surface area (Å²) in [6.45, 7) is 0. The lowest BCUT2D eigenvalue weighted by atomic mass is 9.91. The highest BCUT2D eigenvalue weighted by molar-refractivity contribution is 6.23. The van der Waals surface area contributed by atoms with Gasteiger partial charge in [-0.2, -0.15) is 0 Å². The summed E-state index contributed by atoms with van der Waals surface area (Å²) in [6.07, 6.45) is 4.12. The Morgan fingerprint density at radius 3 is 2.37 bits per heavy atom. The zero-order valence-electron chi connectivity index (χ0n) is 14.9. The van der Waals surface area contributed by atoms with Crippen molar-refractivity contribution < 1.29 is 19.2 Å². The number of imide groups is 2. The van der Waals surface area contributed by atoms with E-state index in [4.69, 9.17) is 5.73 Å². The Morgan fingerprint density at radius 1 is 0.963 bits per heavy atom. The summed E-state index contributed by atoms with van der Waals surface area (Å²) in [6, 6.07) is 4.69. The molecule has 0 aromatic heterocycles. The Labute approximate surface area is 156 Å². The molecule has 1 saturated carbocycles. The normalized spacial score (nSPS) is 28.2. The first-order chi connectivity index (χ1) is 12.9. The molecule has 1 unspecified atom stereocenters. The average molecular weight is 370 g/mol. The Balaban J connectivity index is 1.53. The van der Waals surface area contributed by atoms with Gasteiger partial charge in [-0.05, 0) is 50.3 Å². The Bertz CT molecular complexity index is 829. The lowest BCUT2D eigenvalue weighted by Crippen LogP contribution is -2.54. The highest BCUT2D eigenvalue weighted by Gasteiger charge is 2.44. The van der Waals surface area contributed by atoms with E-state index in [0.717, 1.165) is 36.3 Å². The van der Waals surface area contributed by atoms with E-state index in [9.17, 15) is 19.2 Å². The first-order valence-corrected chi connectivity index (χ1v) is 9.32. The fraction of sp³-hybridized carbons (Fsp3) is 0.474. The number of anilines is 1. The molecule has 2 aliphatic heterocycles. The molecule has 0 radical (unpaired) electrons. The van der Waals surface area contributed by atoms with Crippen LogP contribution in [0.1, 0.15) is 59.2 Å². The minimum Gasteiger partial charge on any atom is -0.382 e. The molecule has 4 N–H and O–H groups in total. The van der Waals surface area contributed by atoms with Crippen molar-refractivity contribution in [3.05, 3.63) is 29.3 Å². The molecule has 0 spiro atoms. The van der Waals surface area contributed by atoms with E-state index < -0.39 is 23.8 Å². The second kappa shape index (κ2) is 6.77. The minimum absolute atomic E-state index is 0.112. The number of nitrogens with two attached hydrogens (primary N) is 1. The first kappa shape index (κ1) is 17.7. The van der Waals surface area contributed by atoms with Gasteiger partial charge in [-0.1, -0.05) is 0 Å². The van der Waals surface area contributed by atoms with Crippen LogP contribution in [0, 0.1) is 0 Å². The third kappa shape index (κ3) is 3.21. The quantitative estimate of drug-likeness (QED) is 0.676. The van der Waals surface area contributed by atoms with Gasteiger partial charge in [0, 0.05) is 24.2 Å². The fourth-order valence-corrected chi connectivity index (χ4v) is 4.06. The summed E-state index contributed by atoms with van der Waals surface area (Å²) >= 11 is 0. The number of nitrogens with one attached hydrogen (secondary N) is 2. The lowest BCUT2D eigenvalue weighted by molar-refractivity contribution is -0.136. The van der Waals surface area contributed by atoms with Crippen LogP contribution in [-0.4, -0.2) is 46.7 Å². The molecule has 8 nitrogen and oxygen atoms in total. The van der Waals surface area contributed by atoms with Crippen molar-refractivity contribution in [3.63, 3.8) is 0 Å². The summed E-state index contributed by atoms with van der Waals surface area (Å²) in [5.41, 5.74) is 7.30. The number of benzene rings is 1. The van der Waals surface area contributed by atoms with Gasteiger partial charge in [-0.3, -0.25) is 29.4 Å². The fourth-order valence-electron chi connectivity index (χ4n) is 4.06. The molecule has 4 amide bonds. The van der Waals surface area contributed by atoms with E-state index in [0.29, 0.717) is 17.2 Å². The van der Waals surface area contributed by atoms with Crippen molar-refractivity contribution in [2.24, 2.45) is 5.73 Å². The van der Waals surface area contributed by atoms with Gasteiger partial charge in [0.1, 0.15) is 6.04 Å². The van der Waals surface area contributed by atoms with Gasteiger partial charge in [0.2, 0.25) is 11.8 Å². The third-order valence-corrected chi connectivity index (χ3v) is 5.58. The van der Waals surface area contributed by atoms with Crippen LogP contribution in [0.5, 0.6) is 0 Å². The number of carbonyl (C=O) groups excluding carboxylic acids is 4. The molecule has 2 fully saturated rings. The average Bonchev–Trinajstić information content (AvgIpc) is 2.88. The number of carbonyl (C=O) groups is 4. The van der Waals surface area contributed by atoms with E-state index in [1.807, 2.05) is 0 Å². The number of hydrogen-bond acceptors (Lipinski definition) is 6. The van der Waals surface area contributed by atoms with E-state index in [2.05, 4.69) is 10.6 Å². The van der Waals surface area contributed by atoms with Crippen LogP contribution in [0.15, 0.2) is 18.2 Å². The van der Waals surface area contributed by atoms with Crippen molar-refractivity contribution in [2.75, 3.05) is 5.32 Å². The maximum atomic E-state index is 12.8. The number of amides is 4. The van der Waals surface area contributed by atoms with E-state index in [1.165, 1.54) is 0 Å². The van der Waals surface area contributed by atoms with Crippen molar-refractivity contribution in [1.82, 2.24) is 10.2 Å². The van der Waals surface area contributed by atoms with Crippen molar-refractivity contribution in [3.8, 4) is 0 Å². The summed E-state index contributed by atoms with van der Waals surface area (Å²) in [5.74, 6) is -1.96. The zero-order valence-corrected chi connectivity index (χ0v) is 14.9. The Kier molecular flexibility index (Phi) is 4.43. The molecule has 3 aliphatic rings. The van der Waals surface area contributed by atoms with Crippen molar-refractivity contribution in [1.29, 1.82) is 0 Å². The third-order valence-electron chi connectivity index (χ3n) is 5.58. The number of hydrogen-bond donors (Lipinski definition) is 3. The van der Waals surface area contributed by atoms with Crippen LogP contribution in [0.2, 0.25) is 0 Å². The second-order valence-corrected chi connectivity index (χ2v) is 7.46. The molecule has 1 aliphatic carbocycles. The van der Waals surface area contributed by atoms with Crippen LogP contribution in [0.25, 0.3) is 0 Å². The van der Waals surface area contributed by atoms with Gasteiger partial charge >= 0.3 is 0 Å². The standard InChI is InChI=1S/C19H22N4O4/c20-10-1-3-11(4-2-10)21-12-5-6-13-14(9-12)19(27)23(18(13)26)15-7-8-16(24)22-17(15)25/h5-6,9-11,15,21H,1-4,7-8,20H2,(H,22,24,25). The van der Waals surface area contributed by atoms with Crippen molar-refractivity contribution in [2.45, 2.75) is 56.7 Å². The molecule has 8 heteroatoms. The monoisotopic (exact) mass is 370 g/mol. The topological polar surface area (TPSA) is 122 Å². The smallest absolute Gasteiger partial charge is 0.262 e. The van der Waals surface area contributed by atoms with Gasteiger partial charge in [0.05, 0.1) is 11.1 Å². The van der Waals surface area contributed by atoms with Gasteiger partial charge in [0.25, 0.3) is 11.8 Å². The molecule has 1 aromatic rings. The number of piperidine rings is 1. The maximum absolute atomic E-state index is 12.8. The molecule has 142 valence electrons. The van der Waals surface area contributed by atoms with Gasteiger partial charge in [-0.25, -0.2) is 0 Å². The molecule has 27 heavy (non-hydrogen) atoms. The van der Waals surface area contributed by atoms with E-state index >= 15 is 0 Å². The minimum atomic E-state index is -0.939. The largest absolute Gasteiger partial charge is 0.382 e. The molecule has 1 saturated heterocycles. The molecular weight excluding hydrogens is 348 g/mol. The van der Waals surface area contributed by atoms with Gasteiger partial charge in [-0.15, -0.1) is 0 Å². The van der Waals surface area contributed by atoms with E-state index in [-0.39, 0.29) is 24.8 Å². The second-order valence-electron chi connectivity index (χ2n) is 7.46. The molecular formula is C19H22N4O4. The molecule has 2 heterocycles. The molecule has 4 rings (SSSR count). The highest BCUT2D eigenvalue weighted by Crippen LogP contribution is 2.30. The Hall–Kier alpha value is -2.74. The SMILES string of the molecule is NC1CCC(Nc2ccc3c(c2)C(=O)N(C2CCC(=O)NC2=O)C3=O)CC1. The number of nitrogens with zero attached hydrogens (tertiary/aromatic N) is 1. The maximum Gasteiger partial charge on any atom is 0.262 e.